The van der Waals surface area contributed by atoms with E-state index in [4.69, 9.17) is 4.74 Å². The molecule has 224 valence electrons. The van der Waals surface area contributed by atoms with Gasteiger partial charge in [0.25, 0.3) is 0 Å². The molecule has 0 aliphatic heterocycles. The average Bonchev–Trinajstić information content (AvgIpc) is 2.99. The van der Waals surface area contributed by atoms with Crippen LogP contribution in [-0.2, 0) is 29.0 Å². The summed E-state index contributed by atoms with van der Waals surface area (Å²) in [5.41, 5.74) is 2.65. The molecule has 1 aliphatic carbocycles. The number of nitrogens with one attached hydrogen (secondary N) is 3. The highest BCUT2D eigenvalue weighted by Crippen LogP contribution is 2.23. The Kier molecular flexibility index (Phi) is 11.5. The zero-order valence-electron chi connectivity index (χ0n) is 25.3. The zero-order chi connectivity index (χ0) is 29.8. The summed E-state index contributed by atoms with van der Waals surface area (Å²) < 4.78 is 5.93. The molecule has 0 unspecified atom stereocenters. The Morgan fingerprint density at radius 1 is 0.810 bits per heavy atom. The first kappa shape index (κ1) is 31.2. The van der Waals surface area contributed by atoms with Crippen LogP contribution in [0.3, 0.4) is 0 Å². The van der Waals surface area contributed by atoms with Gasteiger partial charge in [-0.2, -0.15) is 0 Å². The Balaban J connectivity index is 1.44. The van der Waals surface area contributed by atoms with Crippen LogP contribution in [0.1, 0.15) is 69.6 Å². The van der Waals surface area contributed by atoms with Gasteiger partial charge in [-0.3, -0.25) is 14.6 Å². The molecular weight excluding hydrogens is 524 g/mol. The second-order valence-electron chi connectivity index (χ2n) is 12.4. The van der Waals surface area contributed by atoms with E-state index in [9.17, 15) is 9.59 Å². The fourth-order valence-corrected chi connectivity index (χ4v) is 5.35. The van der Waals surface area contributed by atoms with Crippen molar-refractivity contribution in [2.45, 2.75) is 89.9 Å². The van der Waals surface area contributed by atoms with Crippen molar-refractivity contribution in [3.63, 3.8) is 0 Å². The standard InChI is InChI=1S/C35H46N4O3/c1-35(2,3)39-34(41)32(23-26-14-16-30(17-15-26)42-25-29-12-8-5-9-13-29)38-33(40)31(22-27-18-20-36-21-19-27)37-24-28-10-6-4-7-11-28/h5,8-9,12-21,28,31-32,37H,4,6-7,10-11,22-25H2,1-3H3,(H,38,40)(H,39,41)/t31-,32+/m0/s1. The lowest BCUT2D eigenvalue weighted by Crippen LogP contribution is -2.57. The number of rotatable bonds is 13. The summed E-state index contributed by atoms with van der Waals surface area (Å²) in [6, 6.07) is 20.5. The third-order valence-corrected chi connectivity index (χ3v) is 7.63. The summed E-state index contributed by atoms with van der Waals surface area (Å²) in [5.74, 6) is 0.968. The molecule has 7 nitrogen and oxygen atoms in total. The molecule has 0 saturated heterocycles. The highest BCUT2D eigenvalue weighted by atomic mass is 16.5. The Morgan fingerprint density at radius 2 is 1.45 bits per heavy atom. The molecule has 0 bridgehead atoms. The van der Waals surface area contributed by atoms with Gasteiger partial charge in [-0.05, 0) is 93.5 Å². The van der Waals surface area contributed by atoms with Crippen LogP contribution in [0.2, 0.25) is 0 Å². The first-order valence-corrected chi connectivity index (χ1v) is 15.3. The van der Waals surface area contributed by atoms with Crippen molar-refractivity contribution in [3.8, 4) is 5.75 Å². The van der Waals surface area contributed by atoms with E-state index in [-0.39, 0.29) is 11.8 Å². The maximum Gasteiger partial charge on any atom is 0.243 e. The molecule has 1 saturated carbocycles. The van der Waals surface area contributed by atoms with Crippen LogP contribution in [0.5, 0.6) is 5.75 Å². The van der Waals surface area contributed by atoms with Crippen LogP contribution in [0.4, 0.5) is 0 Å². The molecule has 1 heterocycles. The van der Waals surface area contributed by atoms with Crippen LogP contribution in [0.15, 0.2) is 79.1 Å². The van der Waals surface area contributed by atoms with E-state index in [2.05, 4.69) is 20.9 Å². The number of carbonyl (C=O) groups is 2. The van der Waals surface area contributed by atoms with E-state index in [0.717, 1.165) is 29.0 Å². The summed E-state index contributed by atoms with van der Waals surface area (Å²) >= 11 is 0. The van der Waals surface area contributed by atoms with Crippen LogP contribution in [-0.4, -0.2) is 41.0 Å². The maximum absolute atomic E-state index is 13.8. The second kappa shape index (κ2) is 15.5. The Labute approximate surface area is 250 Å². The molecule has 3 N–H and O–H groups in total. The van der Waals surface area contributed by atoms with E-state index in [1.807, 2.05) is 87.5 Å². The molecule has 1 aromatic heterocycles. The number of aromatic nitrogens is 1. The average molecular weight is 571 g/mol. The summed E-state index contributed by atoms with van der Waals surface area (Å²) in [5, 5.41) is 9.71. The van der Waals surface area contributed by atoms with E-state index < -0.39 is 17.6 Å². The van der Waals surface area contributed by atoms with E-state index in [1.165, 1.54) is 32.1 Å². The number of hydrogen-bond donors (Lipinski definition) is 3. The quantitative estimate of drug-likeness (QED) is 0.257. The van der Waals surface area contributed by atoms with Gasteiger partial charge in [0, 0.05) is 24.4 Å². The van der Waals surface area contributed by atoms with Crippen molar-refractivity contribution in [2.24, 2.45) is 5.92 Å². The Morgan fingerprint density at radius 3 is 2.12 bits per heavy atom. The van der Waals surface area contributed by atoms with E-state index in [0.29, 0.717) is 25.4 Å². The largest absolute Gasteiger partial charge is 0.489 e. The lowest BCUT2D eigenvalue weighted by Gasteiger charge is -2.28. The van der Waals surface area contributed by atoms with Gasteiger partial charge in [0.15, 0.2) is 0 Å². The van der Waals surface area contributed by atoms with Crippen molar-refractivity contribution in [1.29, 1.82) is 0 Å². The van der Waals surface area contributed by atoms with E-state index >= 15 is 0 Å². The molecule has 2 atom stereocenters. The van der Waals surface area contributed by atoms with Crippen molar-refractivity contribution in [1.82, 2.24) is 20.9 Å². The fourth-order valence-electron chi connectivity index (χ4n) is 5.35. The number of benzene rings is 2. The van der Waals surface area contributed by atoms with Crippen LogP contribution in [0, 0.1) is 5.92 Å². The monoisotopic (exact) mass is 570 g/mol. The fraction of sp³-hybridized carbons (Fsp3) is 0.457. The van der Waals surface area contributed by atoms with Crippen LogP contribution < -0.4 is 20.7 Å². The predicted molar refractivity (Wildman–Crippen MR) is 167 cm³/mol. The topological polar surface area (TPSA) is 92.4 Å². The van der Waals surface area contributed by atoms with Gasteiger partial charge in [0.2, 0.25) is 11.8 Å². The minimum absolute atomic E-state index is 0.167. The Bertz CT molecular complexity index is 1240. The van der Waals surface area contributed by atoms with E-state index in [1.54, 1.807) is 12.4 Å². The highest BCUT2D eigenvalue weighted by molar-refractivity contribution is 5.90. The SMILES string of the molecule is CC(C)(C)NC(=O)[C@@H](Cc1ccc(OCc2ccccc2)cc1)NC(=O)[C@H](Cc1ccncc1)NCC1CCCCC1. The molecule has 2 amide bonds. The first-order valence-electron chi connectivity index (χ1n) is 15.3. The highest BCUT2D eigenvalue weighted by Gasteiger charge is 2.29. The van der Waals surface area contributed by atoms with Crippen molar-refractivity contribution < 1.29 is 14.3 Å². The normalized spacial score (nSPS) is 15.4. The molecule has 7 heteroatoms. The lowest BCUT2D eigenvalue weighted by atomic mass is 9.89. The van der Waals surface area contributed by atoms with Gasteiger partial charge in [-0.1, -0.05) is 61.7 Å². The molecule has 4 rings (SSSR count). The van der Waals surface area contributed by atoms with Crippen molar-refractivity contribution in [3.05, 3.63) is 95.8 Å². The number of pyridine rings is 1. The molecule has 1 fully saturated rings. The first-order chi connectivity index (χ1) is 20.2. The molecular formula is C35H46N4O3. The Hall–Kier alpha value is -3.71. The second-order valence-corrected chi connectivity index (χ2v) is 12.4. The number of ether oxygens (including phenoxy) is 1. The summed E-state index contributed by atoms with van der Waals surface area (Å²) in [6.07, 6.45) is 10.6. The number of amides is 2. The minimum Gasteiger partial charge on any atom is -0.489 e. The third-order valence-electron chi connectivity index (χ3n) is 7.63. The number of nitrogens with zero attached hydrogens (tertiary/aromatic N) is 1. The lowest BCUT2D eigenvalue weighted by molar-refractivity contribution is -0.130. The van der Waals surface area contributed by atoms with Crippen molar-refractivity contribution in [2.75, 3.05) is 6.54 Å². The van der Waals surface area contributed by atoms with Gasteiger partial charge in [0.1, 0.15) is 18.4 Å². The van der Waals surface area contributed by atoms with Gasteiger partial charge in [-0.15, -0.1) is 0 Å². The third kappa shape index (κ3) is 10.6. The molecule has 42 heavy (non-hydrogen) atoms. The molecule has 3 aromatic rings. The summed E-state index contributed by atoms with van der Waals surface area (Å²) in [6.45, 7) is 7.12. The van der Waals surface area contributed by atoms with Gasteiger partial charge >= 0.3 is 0 Å². The van der Waals surface area contributed by atoms with Crippen molar-refractivity contribution >= 4 is 11.8 Å². The molecule has 2 aromatic carbocycles. The summed E-state index contributed by atoms with van der Waals surface area (Å²) in [7, 11) is 0. The zero-order valence-corrected chi connectivity index (χ0v) is 25.3. The molecule has 0 radical (unpaired) electrons. The maximum atomic E-state index is 13.8. The molecule has 0 spiro atoms. The summed E-state index contributed by atoms with van der Waals surface area (Å²) in [4.78, 5) is 31.3. The van der Waals surface area contributed by atoms with Crippen LogP contribution >= 0.6 is 0 Å². The minimum atomic E-state index is -0.718. The van der Waals surface area contributed by atoms with Crippen LogP contribution in [0.25, 0.3) is 0 Å². The van der Waals surface area contributed by atoms with Gasteiger partial charge in [0.05, 0.1) is 6.04 Å². The van der Waals surface area contributed by atoms with Gasteiger partial charge in [-0.25, -0.2) is 0 Å². The molecule has 1 aliphatic rings. The predicted octanol–water partition coefficient (Wildman–Crippen LogP) is 5.38. The van der Waals surface area contributed by atoms with Gasteiger partial charge < -0.3 is 20.7 Å². The number of hydrogen-bond acceptors (Lipinski definition) is 5. The smallest absolute Gasteiger partial charge is 0.243 e. The number of carbonyl (C=O) groups excluding carboxylic acids is 2.